The van der Waals surface area contributed by atoms with Gasteiger partial charge >= 0.3 is 12.1 Å². The zero-order chi connectivity index (χ0) is 23.3. The summed E-state index contributed by atoms with van der Waals surface area (Å²) >= 11 is 0. The molecule has 0 aliphatic heterocycles. The Balaban J connectivity index is 2.49. The van der Waals surface area contributed by atoms with Gasteiger partial charge in [-0.2, -0.15) is 0 Å². The predicted octanol–water partition coefficient (Wildman–Crippen LogP) is 2.68. The summed E-state index contributed by atoms with van der Waals surface area (Å²) in [6, 6.07) is 8.63. The van der Waals surface area contributed by atoms with Crippen molar-refractivity contribution in [3.63, 3.8) is 0 Å². The van der Waals surface area contributed by atoms with Gasteiger partial charge in [0.15, 0.2) is 0 Å². The van der Waals surface area contributed by atoms with E-state index in [1.54, 1.807) is 20.8 Å². The van der Waals surface area contributed by atoms with Gasteiger partial charge in [0.1, 0.15) is 18.8 Å². The number of hydrogen-bond donors (Lipinski definition) is 2. The van der Waals surface area contributed by atoms with Crippen LogP contribution in [0.5, 0.6) is 0 Å². The summed E-state index contributed by atoms with van der Waals surface area (Å²) in [4.78, 5) is 38.9. The topological polar surface area (TPSA) is 146 Å². The average Bonchev–Trinajstić information content (AvgIpc) is 2.65. The lowest BCUT2D eigenvalue weighted by atomic mass is 10.1. The molecule has 0 radical (unpaired) electrons. The number of carbonyl (C=O) groups excluding carboxylic acids is 3. The van der Waals surface area contributed by atoms with Gasteiger partial charge in [0.2, 0.25) is 5.91 Å². The van der Waals surface area contributed by atoms with Crippen LogP contribution in [0.3, 0.4) is 0 Å². The van der Waals surface area contributed by atoms with E-state index in [1.807, 2.05) is 30.3 Å². The fourth-order valence-corrected chi connectivity index (χ4v) is 2.46. The molecule has 0 aliphatic carbocycles. The molecule has 0 aliphatic rings. The number of hydrogen-bond acceptors (Lipinski definition) is 7. The molecule has 0 fully saturated rings. The molecular formula is C20H30N6O5. The number of alkyl carbamates (subject to hydrolysis) is 1. The molecule has 31 heavy (non-hydrogen) atoms. The highest BCUT2D eigenvalue weighted by atomic mass is 16.6. The van der Waals surface area contributed by atoms with Crippen LogP contribution < -0.4 is 10.7 Å². The molecular weight excluding hydrogens is 404 g/mol. The second kappa shape index (κ2) is 13.1. The Hall–Kier alpha value is -3.30. The van der Waals surface area contributed by atoms with Crippen molar-refractivity contribution in [2.24, 2.45) is 5.11 Å². The number of rotatable bonds is 11. The number of benzene rings is 1. The van der Waals surface area contributed by atoms with E-state index in [9.17, 15) is 14.4 Å². The fraction of sp³-hybridized carbons (Fsp3) is 0.550. The summed E-state index contributed by atoms with van der Waals surface area (Å²) in [5, 5.41) is 7.33. The van der Waals surface area contributed by atoms with Crippen LogP contribution in [0.2, 0.25) is 0 Å². The SMILES string of the molecule is CN(CC(=O)OCc1ccccc1)NC(=O)C[C@H](CCN=[N+]=[N-])NC(=O)OC(C)(C)C. The zero-order valence-electron chi connectivity index (χ0n) is 18.3. The first-order valence-corrected chi connectivity index (χ1v) is 9.79. The molecule has 0 spiro atoms. The van der Waals surface area contributed by atoms with Crippen LogP contribution in [-0.2, 0) is 25.7 Å². The standard InChI is InChI=1S/C20H30N6O5/c1-20(2,3)31-19(29)23-16(10-11-22-25-21)12-17(27)24-26(4)13-18(28)30-14-15-8-6-5-7-9-15/h5-9,16H,10-14H2,1-4H3,(H,23,29)(H,24,27)/t16-/m0/s1. The van der Waals surface area contributed by atoms with Crippen LogP contribution in [-0.4, -0.2) is 54.8 Å². The average molecular weight is 434 g/mol. The lowest BCUT2D eigenvalue weighted by Crippen LogP contribution is -2.46. The van der Waals surface area contributed by atoms with E-state index < -0.39 is 29.6 Å². The second-order valence-electron chi connectivity index (χ2n) is 7.83. The Morgan fingerprint density at radius 2 is 1.90 bits per heavy atom. The summed E-state index contributed by atoms with van der Waals surface area (Å²) in [6.45, 7) is 5.26. The molecule has 0 saturated carbocycles. The van der Waals surface area contributed by atoms with Crippen molar-refractivity contribution in [3.8, 4) is 0 Å². The van der Waals surface area contributed by atoms with Crippen molar-refractivity contribution in [1.29, 1.82) is 0 Å². The number of nitrogens with one attached hydrogen (secondary N) is 2. The molecule has 2 amide bonds. The van der Waals surface area contributed by atoms with Crippen LogP contribution in [0.1, 0.15) is 39.2 Å². The van der Waals surface area contributed by atoms with E-state index in [2.05, 4.69) is 20.8 Å². The number of esters is 1. The maximum atomic E-state index is 12.3. The summed E-state index contributed by atoms with van der Waals surface area (Å²) in [6.07, 6.45) is -0.521. The van der Waals surface area contributed by atoms with E-state index in [0.717, 1.165) is 5.56 Å². The van der Waals surface area contributed by atoms with Gasteiger partial charge in [-0.25, -0.2) is 9.80 Å². The van der Waals surface area contributed by atoms with E-state index in [1.165, 1.54) is 12.1 Å². The molecule has 1 atom stereocenters. The Kier molecular flexibility index (Phi) is 10.9. The zero-order valence-corrected chi connectivity index (χ0v) is 18.3. The number of nitrogens with zero attached hydrogens (tertiary/aromatic N) is 4. The minimum Gasteiger partial charge on any atom is -0.460 e. The van der Waals surface area contributed by atoms with Crippen molar-refractivity contribution < 1.29 is 23.9 Å². The number of ether oxygens (including phenoxy) is 2. The Bertz CT molecular complexity index is 774. The van der Waals surface area contributed by atoms with Crippen molar-refractivity contribution in [2.45, 2.75) is 51.9 Å². The molecule has 0 bridgehead atoms. The van der Waals surface area contributed by atoms with Crippen LogP contribution in [0.15, 0.2) is 35.4 Å². The van der Waals surface area contributed by atoms with Gasteiger partial charge in [0.25, 0.3) is 0 Å². The van der Waals surface area contributed by atoms with Crippen molar-refractivity contribution in [2.75, 3.05) is 20.1 Å². The van der Waals surface area contributed by atoms with E-state index in [-0.39, 0.29) is 32.5 Å². The molecule has 11 heteroatoms. The number of azide groups is 1. The molecule has 11 nitrogen and oxygen atoms in total. The lowest BCUT2D eigenvalue weighted by Gasteiger charge is -2.24. The Morgan fingerprint density at radius 1 is 1.23 bits per heavy atom. The third-order valence-electron chi connectivity index (χ3n) is 3.72. The molecule has 1 rings (SSSR count). The normalized spacial score (nSPS) is 11.8. The number of likely N-dealkylation sites (N-methyl/N-ethyl adjacent to an activating group) is 1. The second-order valence-corrected chi connectivity index (χ2v) is 7.83. The van der Waals surface area contributed by atoms with Gasteiger partial charge in [-0.15, -0.1) is 0 Å². The van der Waals surface area contributed by atoms with Gasteiger partial charge in [-0.05, 0) is 38.3 Å². The maximum Gasteiger partial charge on any atom is 0.407 e. The highest BCUT2D eigenvalue weighted by Crippen LogP contribution is 2.08. The highest BCUT2D eigenvalue weighted by Gasteiger charge is 2.22. The molecule has 170 valence electrons. The Labute approximate surface area is 181 Å². The molecule has 2 N–H and O–H groups in total. The fourth-order valence-electron chi connectivity index (χ4n) is 2.46. The van der Waals surface area contributed by atoms with Gasteiger partial charge < -0.3 is 14.8 Å². The number of amides is 2. The third kappa shape index (κ3) is 12.8. The van der Waals surface area contributed by atoms with E-state index in [0.29, 0.717) is 0 Å². The molecule has 0 aromatic heterocycles. The monoisotopic (exact) mass is 434 g/mol. The first-order valence-electron chi connectivity index (χ1n) is 9.79. The summed E-state index contributed by atoms with van der Waals surface area (Å²) < 4.78 is 10.4. The minimum absolute atomic E-state index is 0.0937. The Morgan fingerprint density at radius 3 is 2.52 bits per heavy atom. The number of carbonyl (C=O) groups is 3. The van der Waals surface area contributed by atoms with Crippen molar-refractivity contribution in [1.82, 2.24) is 15.8 Å². The molecule has 1 aromatic carbocycles. The van der Waals surface area contributed by atoms with Gasteiger partial charge in [-0.1, -0.05) is 35.4 Å². The van der Waals surface area contributed by atoms with Crippen LogP contribution >= 0.6 is 0 Å². The van der Waals surface area contributed by atoms with Gasteiger partial charge in [-0.3, -0.25) is 15.0 Å². The van der Waals surface area contributed by atoms with Crippen LogP contribution in [0, 0.1) is 0 Å². The minimum atomic E-state index is -0.692. The largest absolute Gasteiger partial charge is 0.460 e. The predicted molar refractivity (Wildman–Crippen MR) is 113 cm³/mol. The summed E-state index contributed by atoms with van der Waals surface area (Å²) in [7, 11) is 1.53. The number of hydrazine groups is 1. The van der Waals surface area contributed by atoms with Crippen LogP contribution in [0.4, 0.5) is 4.79 Å². The molecule has 0 saturated heterocycles. The first kappa shape index (κ1) is 25.7. The molecule has 1 aromatic rings. The van der Waals surface area contributed by atoms with Gasteiger partial charge in [0, 0.05) is 31.0 Å². The maximum absolute atomic E-state index is 12.3. The smallest absolute Gasteiger partial charge is 0.407 e. The summed E-state index contributed by atoms with van der Waals surface area (Å²) in [5.41, 5.74) is 11.1. The van der Waals surface area contributed by atoms with Crippen molar-refractivity contribution in [3.05, 3.63) is 46.3 Å². The quantitative estimate of drug-likeness (QED) is 0.180. The van der Waals surface area contributed by atoms with E-state index in [4.69, 9.17) is 15.0 Å². The lowest BCUT2D eigenvalue weighted by molar-refractivity contribution is -0.147. The molecule has 0 unspecified atom stereocenters. The highest BCUT2D eigenvalue weighted by molar-refractivity contribution is 5.78. The van der Waals surface area contributed by atoms with Crippen LogP contribution in [0.25, 0.3) is 10.4 Å². The first-order chi connectivity index (χ1) is 14.6. The molecule has 0 heterocycles. The van der Waals surface area contributed by atoms with E-state index >= 15 is 0 Å². The van der Waals surface area contributed by atoms with Gasteiger partial charge in [0.05, 0.1) is 0 Å². The van der Waals surface area contributed by atoms with Crippen molar-refractivity contribution >= 4 is 18.0 Å². The third-order valence-corrected chi connectivity index (χ3v) is 3.72. The summed E-state index contributed by atoms with van der Waals surface area (Å²) in [5.74, 6) is -0.932.